The number of oxazole rings is 1. The lowest BCUT2D eigenvalue weighted by molar-refractivity contribution is 0.337. The van der Waals surface area contributed by atoms with Crippen LogP contribution in [0.2, 0.25) is 0 Å². The van der Waals surface area contributed by atoms with Gasteiger partial charge in [0, 0.05) is 10.0 Å². The highest BCUT2D eigenvalue weighted by Crippen LogP contribution is 2.27. The van der Waals surface area contributed by atoms with E-state index in [-0.39, 0.29) is 5.95 Å². The van der Waals surface area contributed by atoms with E-state index >= 15 is 0 Å². The molecule has 5 heteroatoms. The van der Waals surface area contributed by atoms with Crippen LogP contribution in [0.5, 0.6) is 5.95 Å². The van der Waals surface area contributed by atoms with Crippen LogP contribution < -0.4 is 0 Å². The van der Waals surface area contributed by atoms with E-state index < -0.39 is 0 Å². The topological polar surface area (TPSA) is 58.6 Å². The maximum absolute atomic E-state index is 9.85. The Labute approximate surface area is 136 Å². The Morgan fingerprint density at radius 1 is 1.18 bits per heavy atom. The summed E-state index contributed by atoms with van der Waals surface area (Å²) in [7, 11) is 0. The Bertz CT molecular complexity index is 823. The van der Waals surface area contributed by atoms with Crippen LogP contribution in [0.15, 0.2) is 62.4 Å². The van der Waals surface area contributed by atoms with Gasteiger partial charge in [-0.2, -0.15) is 0 Å². The van der Waals surface area contributed by atoms with Crippen LogP contribution >= 0.6 is 15.9 Å². The van der Waals surface area contributed by atoms with E-state index in [0.717, 1.165) is 21.3 Å². The summed E-state index contributed by atoms with van der Waals surface area (Å²) in [6, 6.07) is 15.2. The summed E-state index contributed by atoms with van der Waals surface area (Å²) < 4.78 is 6.26. The summed E-state index contributed by atoms with van der Waals surface area (Å²) in [5.74, 6) is 0.116. The molecule has 3 rings (SSSR count). The zero-order chi connectivity index (χ0) is 15.5. The molecule has 1 N–H and O–H groups in total. The van der Waals surface area contributed by atoms with Crippen LogP contribution in [0.4, 0.5) is 5.69 Å². The van der Waals surface area contributed by atoms with Crippen molar-refractivity contribution in [2.45, 2.75) is 6.92 Å². The minimum absolute atomic E-state index is 0.241. The molecular formula is C17H13BrN2O2. The van der Waals surface area contributed by atoms with Crippen LogP contribution in [0.1, 0.15) is 11.3 Å². The van der Waals surface area contributed by atoms with Gasteiger partial charge in [0.1, 0.15) is 0 Å². The van der Waals surface area contributed by atoms with Gasteiger partial charge in [-0.3, -0.25) is 4.99 Å². The largest absolute Gasteiger partial charge is 0.479 e. The number of benzene rings is 2. The zero-order valence-corrected chi connectivity index (χ0v) is 13.4. The quantitative estimate of drug-likeness (QED) is 0.681. The van der Waals surface area contributed by atoms with Gasteiger partial charge in [-0.05, 0) is 48.9 Å². The van der Waals surface area contributed by atoms with Crippen molar-refractivity contribution in [1.82, 2.24) is 4.98 Å². The van der Waals surface area contributed by atoms with Crippen LogP contribution in [0.3, 0.4) is 0 Å². The number of halogens is 1. The zero-order valence-electron chi connectivity index (χ0n) is 11.8. The number of aromatic hydroxyl groups is 1. The number of hydrogen-bond acceptors (Lipinski definition) is 4. The second-order valence-electron chi connectivity index (χ2n) is 4.81. The molecule has 0 amide bonds. The lowest BCUT2D eigenvalue weighted by atomic mass is 10.2. The Kier molecular flexibility index (Phi) is 4.06. The van der Waals surface area contributed by atoms with Crippen molar-refractivity contribution in [3.8, 4) is 17.4 Å². The molecule has 1 aromatic heterocycles. The average Bonchev–Trinajstić information content (AvgIpc) is 2.87. The van der Waals surface area contributed by atoms with Crippen molar-refractivity contribution in [2.24, 2.45) is 4.99 Å². The van der Waals surface area contributed by atoms with Gasteiger partial charge >= 0.3 is 5.95 Å². The maximum Gasteiger partial charge on any atom is 0.312 e. The van der Waals surface area contributed by atoms with Gasteiger partial charge in [0.2, 0.25) is 5.89 Å². The van der Waals surface area contributed by atoms with E-state index in [9.17, 15) is 5.11 Å². The molecule has 22 heavy (non-hydrogen) atoms. The molecular weight excluding hydrogens is 344 g/mol. The lowest BCUT2D eigenvalue weighted by Crippen LogP contribution is -1.83. The second-order valence-corrected chi connectivity index (χ2v) is 5.73. The van der Waals surface area contributed by atoms with Crippen LogP contribution in [-0.4, -0.2) is 16.3 Å². The van der Waals surface area contributed by atoms with E-state index in [4.69, 9.17) is 4.42 Å². The number of hydrogen-bond donors (Lipinski definition) is 1. The summed E-state index contributed by atoms with van der Waals surface area (Å²) >= 11 is 3.37. The minimum Gasteiger partial charge on any atom is -0.479 e. The predicted molar refractivity (Wildman–Crippen MR) is 89.7 cm³/mol. The molecule has 0 radical (unpaired) electrons. The summed E-state index contributed by atoms with van der Waals surface area (Å²) in [5.41, 5.74) is 3.01. The Morgan fingerprint density at radius 3 is 2.68 bits per heavy atom. The molecule has 0 aliphatic carbocycles. The molecule has 3 aromatic rings. The van der Waals surface area contributed by atoms with Crippen molar-refractivity contribution in [3.63, 3.8) is 0 Å². The first-order valence-electron chi connectivity index (χ1n) is 6.68. The fourth-order valence-corrected chi connectivity index (χ4v) is 2.23. The smallest absolute Gasteiger partial charge is 0.312 e. The molecule has 0 atom stereocenters. The molecule has 0 fully saturated rings. The highest BCUT2D eigenvalue weighted by atomic mass is 79.9. The number of aryl methyl sites for hydroxylation is 1. The third-order valence-electron chi connectivity index (χ3n) is 3.06. The molecule has 0 saturated carbocycles. The van der Waals surface area contributed by atoms with E-state index in [1.54, 1.807) is 0 Å². The van der Waals surface area contributed by atoms with Crippen molar-refractivity contribution < 1.29 is 9.52 Å². The van der Waals surface area contributed by atoms with Gasteiger partial charge < -0.3 is 9.52 Å². The van der Waals surface area contributed by atoms with E-state index in [1.807, 2.05) is 55.5 Å². The average molecular weight is 357 g/mol. The normalized spacial score (nSPS) is 11.2. The maximum atomic E-state index is 9.85. The van der Waals surface area contributed by atoms with Crippen molar-refractivity contribution in [3.05, 3.63) is 64.3 Å². The molecule has 110 valence electrons. The molecule has 4 nitrogen and oxygen atoms in total. The molecule has 0 aliphatic rings. The standard InChI is InChI=1S/C17H13BrN2O2/c1-11-3-2-4-14(9-11)19-10-15-17(21)22-16(20-15)12-5-7-13(18)8-6-12/h2-10,21H,1H3. The SMILES string of the molecule is Cc1cccc(N=Cc2nc(-c3ccc(Br)cc3)oc2O)c1. The van der Waals surface area contributed by atoms with Crippen molar-refractivity contribution >= 4 is 27.8 Å². The number of aliphatic imine (C=N–C) groups is 1. The molecule has 0 aliphatic heterocycles. The summed E-state index contributed by atoms with van der Waals surface area (Å²) in [6.45, 7) is 2.00. The van der Waals surface area contributed by atoms with Gasteiger partial charge in [0.25, 0.3) is 0 Å². The lowest BCUT2D eigenvalue weighted by Gasteiger charge is -1.94. The van der Waals surface area contributed by atoms with Crippen molar-refractivity contribution in [1.29, 1.82) is 0 Å². The van der Waals surface area contributed by atoms with Crippen LogP contribution in [0.25, 0.3) is 11.5 Å². The van der Waals surface area contributed by atoms with Crippen LogP contribution in [-0.2, 0) is 0 Å². The fraction of sp³-hybridized carbons (Fsp3) is 0.0588. The Hall–Kier alpha value is -2.40. The van der Waals surface area contributed by atoms with E-state index in [0.29, 0.717) is 11.6 Å². The van der Waals surface area contributed by atoms with E-state index in [1.165, 1.54) is 6.21 Å². The number of aromatic nitrogens is 1. The summed E-state index contributed by atoms with van der Waals surface area (Å²) in [5, 5.41) is 9.85. The molecule has 2 aromatic carbocycles. The van der Waals surface area contributed by atoms with Gasteiger partial charge in [-0.25, -0.2) is 4.98 Å². The highest BCUT2D eigenvalue weighted by Gasteiger charge is 2.12. The number of rotatable bonds is 3. The predicted octanol–water partition coefficient (Wildman–Crippen LogP) is 4.87. The van der Waals surface area contributed by atoms with Crippen LogP contribution in [0, 0.1) is 6.92 Å². The summed E-state index contributed by atoms with van der Waals surface area (Å²) in [6.07, 6.45) is 1.50. The fourth-order valence-electron chi connectivity index (χ4n) is 1.97. The molecule has 0 saturated heterocycles. The van der Waals surface area contributed by atoms with Gasteiger partial charge in [0.15, 0.2) is 5.69 Å². The van der Waals surface area contributed by atoms with Gasteiger partial charge in [-0.1, -0.05) is 28.1 Å². The first-order chi connectivity index (χ1) is 10.6. The Morgan fingerprint density at radius 2 is 1.95 bits per heavy atom. The summed E-state index contributed by atoms with van der Waals surface area (Å²) in [4.78, 5) is 8.57. The monoisotopic (exact) mass is 356 g/mol. The van der Waals surface area contributed by atoms with Gasteiger partial charge in [-0.15, -0.1) is 0 Å². The molecule has 0 unspecified atom stereocenters. The second kappa shape index (κ2) is 6.15. The molecule has 1 heterocycles. The third kappa shape index (κ3) is 3.26. The highest BCUT2D eigenvalue weighted by molar-refractivity contribution is 9.10. The number of nitrogens with zero attached hydrogens (tertiary/aromatic N) is 2. The first-order valence-corrected chi connectivity index (χ1v) is 7.47. The Balaban J connectivity index is 1.88. The molecule has 0 bridgehead atoms. The minimum atomic E-state index is -0.241. The van der Waals surface area contributed by atoms with Crippen molar-refractivity contribution in [2.75, 3.05) is 0 Å². The van der Waals surface area contributed by atoms with E-state index in [2.05, 4.69) is 25.9 Å². The first kappa shape index (κ1) is 14.5. The third-order valence-corrected chi connectivity index (χ3v) is 3.59. The van der Waals surface area contributed by atoms with Gasteiger partial charge in [0.05, 0.1) is 11.9 Å². The molecule has 0 spiro atoms.